The zero-order valence-corrected chi connectivity index (χ0v) is 17.9. The molecule has 1 aromatic rings. The maximum Gasteiger partial charge on any atom is 0.305 e. The monoisotopic (exact) mass is 400 g/mol. The number of aliphatic hydroxyl groups excluding tert-OH is 1. The maximum absolute atomic E-state index is 13.0. The molecule has 29 heavy (non-hydrogen) atoms. The van der Waals surface area contributed by atoms with Crippen LogP contribution in [0, 0.1) is 5.92 Å². The molecule has 0 saturated carbocycles. The molecule has 4 nitrogen and oxygen atoms in total. The minimum Gasteiger partial charge on any atom is -0.469 e. The van der Waals surface area contributed by atoms with Gasteiger partial charge in [-0.3, -0.25) is 9.59 Å². The van der Waals surface area contributed by atoms with Crippen LogP contribution in [-0.4, -0.2) is 30.1 Å². The van der Waals surface area contributed by atoms with Crippen molar-refractivity contribution in [2.75, 3.05) is 7.11 Å². The van der Waals surface area contributed by atoms with E-state index >= 15 is 0 Å². The number of hydrogen-bond donors (Lipinski definition) is 1. The fourth-order valence-electron chi connectivity index (χ4n) is 4.18. The summed E-state index contributed by atoms with van der Waals surface area (Å²) in [5.74, 6) is 0.0705. The first-order valence-corrected chi connectivity index (χ1v) is 11.1. The lowest BCUT2D eigenvalue weighted by atomic mass is 9.87. The standard InChI is InChI=1S/C25H36O4/c1-3-4-7-12-19(26)17-18-21-20-13-10-11-15-22(20)25(28)23(21)14-8-5-6-9-16-24(27)29-2/h10-11,13,15,17-19,21,23,26H,3-9,12,14,16H2,1-2H3/t19?,21-,23+/m0/s1. The summed E-state index contributed by atoms with van der Waals surface area (Å²) in [7, 11) is 1.42. The fourth-order valence-corrected chi connectivity index (χ4v) is 4.18. The van der Waals surface area contributed by atoms with E-state index in [2.05, 4.69) is 17.7 Å². The third kappa shape index (κ3) is 7.11. The number of Topliss-reactive ketones (excluding diaryl/α,β-unsaturated/α-hetero) is 1. The van der Waals surface area contributed by atoms with Gasteiger partial charge in [0.15, 0.2) is 5.78 Å². The lowest BCUT2D eigenvalue weighted by molar-refractivity contribution is -0.140. The first-order chi connectivity index (χ1) is 14.1. The molecule has 160 valence electrons. The molecule has 0 amide bonds. The summed E-state index contributed by atoms with van der Waals surface area (Å²) in [6.45, 7) is 2.16. The van der Waals surface area contributed by atoms with Gasteiger partial charge < -0.3 is 9.84 Å². The van der Waals surface area contributed by atoms with E-state index in [1.165, 1.54) is 7.11 Å². The number of esters is 1. The molecule has 0 fully saturated rings. The molecule has 4 heteroatoms. The summed E-state index contributed by atoms with van der Waals surface area (Å²) >= 11 is 0. The van der Waals surface area contributed by atoms with Crippen LogP contribution in [0.15, 0.2) is 36.4 Å². The molecule has 2 rings (SSSR count). The number of ether oxygens (including phenoxy) is 1. The van der Waals surface area contributed by atoms with Crippen LogP contribution >= 0.6 is 0 Å². The smallest absolute Gasteiger partial charge is 0.305 e. The van der Waals surface area contributed by atoms with Crippen molar-refractivity contribution in [2.24, 2.45) is 5.92 Å². The van der Waals surface area contributed by atoms with Gasteiger partial charge in [-0.25, -0.2) is 0 Å². The Balaban J connectivity index is 1.92. The van der Waals surface area contributed by atoms with Gasteiger partial charge in [-0.15, -0.1) is 0 Å². The second-order valence-corrected chi connectivity index (χ2v) is 8.06. The number of carbonyl (C=O) groups is 2. The molecule has 3 atom stereocenters. The Morgan fingerprint density at radius 2 is 1.90 bits per heavy atom. The van der Waals surface area contributed by atoms with Gasteiger partial charge in [0.25, 0.3) is 0 Å². The molecular weight excluding hydrogens is 364 g/mol. The molecule has 1 aliphatic carbocycles. The lowest BCUT2D eigenvalue weighted by Crippen LogP contribution is -2.13. The lowest BCUT2D eigenvalue weighted by Gasteiger charge is -2.16. The van der Waals surface area contributed by atoms with Crippen molar-refractivity contribution in [1.82, 2.24) is 0 Å². The number of hydrogen-bond acceptors (Lipinski definition) is 4. The Labute approximate surface area is 175 Å². The molecule has 1 N–H and O–H groups in total. The van der Waals surface area contributed by atoms with Crippen LogP contribution in [0.1, 0.15) is 93.0 Å². The van der Waals surface area contributed by atoms with E-state index in [4.69, 9.17) is 0 Å². The predicted molar refractivity (Wildman–Crippen MR) is 116 cm³/mol. The largest absolute Gasteiger partial charge is 0.469 e. The van der Waals surface area contributed by atoms with Gasteiger partial charge >= 0.3 is 5.97 Å². The van der Waals surface area contributed by atoms with E-state index in [1.807, 2.05) is 30.3 Å². The van der Waals surface area contributed by atoms with Gasteiger partial charge in [-0.05, 0) is 24.8 Å². The molecular formula is C25H36O4. The Morgan fingerprint density at radius 3 is 2.66 bits per heavy atom. The van der Waals surface area contributed by atoms with Gasteiger partial charge in [0.05, 0.1) is 13.2 Å². The summed E-state index contributed by atoms with van der Waals surface area (Å²) in [5, 5.41) is 10.3. The van der Waals surface area contributed by atoms with Crippen molar-refractivity contribution in [3.63, 3.8) is 0 Å². The number of allylic oxidation sites excluding steroid dienone is 1. The van der Waals surface area contributed by atoms with Gasteiger partial charge in [-0.1, -0.05) is 81.9 Å². The molecule has 0 spiro atoms. The zero-order chi connectivity index (χ0) is 21.1. The van der Waals surface area contributed by atoms with Gasteiger partial charge in [0, 0.05) is 23.8 Å². The average Bonchev–Trinajstić information content (AvgIpc) is 3.00. The molecule has 0 bridgehead atoms. The molecule has 0 aliphatic heterocycles. The molecule has 0 heterocycles. The number of methoxy groups -OCH3 is 1. The molecule has 1 unspecified atom stereocenters. The van der Waals surface area contributed by atoms with Gasteiger partial charge in [0.1, 0.15) is 0 Å². The number of fused-ring (bicyclic) bond motifs is 1. The third-order valence-electron chi connectivity index (χ3n) is 5.87. The summed E-state index contributed by atoms with van der Waals surface area (Å²) < 4.78 is 4.67. The van der Waals surface area contributed by atoms with Crippen LogP contribution in [0.3, 0.4) is 0 Å². The minimum absolute atomic E-state index is 0.0490. The second kappa shape index (κ2) is 12.6. The van der Waals surface area contributed by atoms with Crippen molar-refractivity contribution >= 4 is 11.8 Å². The van der Waals surface area contributed by atoms with Gasteiger partial charge in [-0.2, -0.15) is 0 Å². The van der Waals surface area contributed by atoms with E-state index in [0.29, 0.717) is 6.42 Å². The highest BCUT2D eigenvalue weighted by Crippen LogP contribution is 2.41. The first-order valence-electron chi connectivity index (χ1n) is 11.1. The minimum atomic E-state index is -0.441. The second-order valence-electron chi connectivity index (χ2n) is 8.06. The van der Waals surface area contributed by atoms with E-state index in [0.717, 1.165) is 68.9 Å². The fraction of sp³-hybridized carbons (Fsp3) is 0.600. The number of aliphatic hydroxyl groups is 1. The third-order valence-corrected chi connectivity index (χ3v) is 5.87. The van der Waals surface area contributed by atoms with E-state index < -0.39 is 6.10 Å². The first kappa shape index (κ1) is 23.3. The molecule has 1 aromatic carbocycles. The topological polar surface area (TPSA) is 63.6 Å². The predicted octanol–water partition coefficient (Wildman–Crippen LogP) is 5.59. The summed E-state index contributed by atoms with van der Waals surface area (Å²) in [4.78, 5) is 24.1. The Kier molecular flexibility index (Phi) is 10.1. The summed E-state index contributed by atoms with van der Waals surface area (Å²) in [6.07, 6.45) is 12.7. The van der Waals surface area contributed by atoms with Crippen molar-refractivity contribution in [2.45, 2.75) is 83.2 Å². The Morgan fingerprint density at radius 1 is 1.14 bits per heavy atom. The SMILES string of the molecule is CCCCCC(O)C=C[C@H]1c2ccccc2C(=O)[C@@H]1CCCCCCC(=O)OC. The normalized spacial score (nSPS) is 19.5. The van der Waals surface area contributed by atoms with Crippen molar-refractivity contribution in [1.29, 1.82) is 0 Å². The van der Waals surface area contributed by atoms with E-state index in [9.17, 15) is 14.7 Å². The van der Waals surface area contributed by atoms with Crippen LogP contribution in [-0.2, 0) is 9.53 Å². The van der Waals surface area contributed by atoms with Crippen LogP contribution < -0.4 is 0 Å². The van der Waals surface area contributed by atoms with Crippen LogP contribution in [0.2, 0.25) is 0 Å². The number of rotatable bonds is 13. The van der Waals surface area contributed by atoms with E-state index in [-0.39, 0.29) is 23.6 Å². The maximum atomic E-state index is 13.0. The number of unbranched alkanes of at least 4 members (excludes halogenated alkanes) is 5. The highest BCUT2D eigenvalue weighted by molar-refractivity contribution is 6.03. The Hall–Kier alpha value is -1.94. The van der Waals surface area contributed by atoms with Crippen molar-refractivity contribution < 1.29 is 19.4 Å². The molecule has 0 radical (unpaired) electrons. The van der Waals surface area contributed by atoms with E-state index in [1.54, 1.807) is 0 Å². The van der Waals surface area contributed by atoms with Crippen molar-refractivity contribution in [3.8, 4) is 0 Å². The van der Waals surface area contributed by atoms with Crippen LogP contribution in [0.25, 0.3) is 0 Å². The Bertz CT molecular complexity index is 679. The zero-order valence-electron chi connectivity index (χ0n) is 17.9. The quantitative estimate of drug-likeness (QED) is 0.266. The molecule has 0 aromatic heterocycles. The highest BCUT2D eigenvalue weighted by atomic mass is 16.5. The number of benzene rings is 1. The highest BCUT2D eigenvalue weighted by Gasteiger charge is 2.37. The van der Waals surface area contributed by atoms with Crippen LogP contribution in [0.5, 0.6) is 0 Å². The van der Waals surface area contributed by atoms with Crippen molar-refractivity contribution in [3.05, 3.63) is 47.5 Å². The summed E-state index contributed by atoms with van der Waals surface area (Å²) in [5.41, 5.74) is 1.92. The van der Waals surface area contributed by atoms with Crippen LogP contribution in [0.4, 0.5) is 0 Å². The van der Waals surface area contributed by atoms with Gasteiger partial charge in [0.2, 0.25) is 0 Å². The summed E-state index contributed by atoms with van der Waals surface area (Å²) in [6, 6.07) is 7.88. The molecule has 0 saturated heterocycles. The number of ketones is 1. The molecule has 1 aliphatic rings. The number of carbonyl (C=O) groups excluding carboxylic acids is 2. The average molecular weight is 401 g/mol.